The smallest absolute Gasteiger partial charge is 0.333 e. The summed E-state index contributed by atoms with van der Waals surface area (Å²) in [4.78, 5) is 5.12. The van der Waals surface area contributed by atoms with E-state index in [2.05, 4.69) is 109 Å². The predicted octanol–water partition coefficient (Wildman–Crippen LogP) is 3.62. The van der Waals surface area contributed by atoms with Gasteiger partial charge in [0.15, 0.2) is 0 Å². The summed E-state index contributed by atoms with van der Waals surface area (Å²) in [5.74, 6) is 1.20. The zero-order chi connectivity index (χ0) is 18.9. The summed E-state index contributed by atoms with van der Waals surface area (Å²) in [5, 5.41) is 4.68. The maximum atomic E-state index is 4.68. The van der Waals surface area contributed by atoms with Crippen LogP contribution in [-0.2, 0) is 5.54 Å². The monoisotopic (exact) mass is 349 g/mol. The molecule has 0 saturated carbocycles. The topological polar surface area (TPSA) is 27.5 Å². The van der Waals surface area contributed by atoms with Crippen molar-refractivity contribution in [2.45, 2.75) is 65.5 Å². The summed E-state index contributed by atoms with van der Waals surface area (Å²) in [7, 11) is 0. The number of aromatic nitrogens is 2. The first-order valence-corrected chi connectivity index (χ1v) is 9.60. The number of nitrogens with zero attached hydrogens (tertiary/aromatic N) is 5. The SMILES string of the molecule is CB1N(c2ccccc2)C2N(B(C)N1C(C)(C)C)c1ccnn1C2(C)C. The molecule has 0 bridgehead atoms. The van der Waals surface area contributed by atoms with Crippen LogP contribution in [0.4, 0.5) is 11.5 Å². The molecule has 0 radical (unpaired) electrons. The van der Waals surface area contributed by atoms with E-state index in [1.54, 1.807) is 0 Å². The van der Waals surface area contributed by atoms with Crippen LogP contribution in [0.25, 0.3) is 0 Å². The van der Waals surface area contributed by atoms with Crippen LogP contribution in [0.3, 0.4) is 0 Å². The first-order valence-electron chi connectivity index (χ1n) is 9.60. The van der Waals surface area contributed by atoms with E-state index in [4.69, 9.17) is 0 Å². The molecule has 1 aromatic carbocycles. The van der Waals surface area contributed by atoms with Crippen molar-refractivity contribution in [3.63, 3.8) is 0 Å². The second-order valence-corrected chi connectivity index (χ2v) is 9.12. The van der Waals surface area contributed by atoms with Crippen LogP contribution >= 0.6 is 0 Å². The lowest BCUT2D eigenvalue weighted by atomic mass is 9.53. The molecule has 0 amide bonds. The number of anilines is 2. The van der Waals surface area contributed by atoms with Gasteiger partial charge in [0.1, 0.15) is 12.0 Å². The lowest BCUT2D eigenvalue weighted by Gasteiger charge is -2.59. The highest BCUT2D eigenvalue weighted by Gasteiger charge is 2.59. The Morgan fingerprint density at radius 1 is 0.962 bits per heavy atom. The molecule has 1 fully saturated rings. The molecular formula is C19H29B2N5. The molecule has 2 aliphatic heterocycles. The van der Waals surface area contributed by atoms with Gasteiger partial charge in [-0.2, -0.15) is 5.10 Å². The van der Waals surface area contributed by atoms with Crippen LogP contribution in [0.2, 0.25) is 13.6 Å². The zero-order valence-corrected chi connectivity index (χ0v) is 17.0. The molecule has 0 spiro atoms. The Morgan fingerprint density at radius 3 is 2.19 bits per heavy atom. The molecular weight excluding hydrogens is 320 g/mol. The second kappa shape index (κ2) is 5.56. The predicted molar refractivity (Wildman–Crippen MR) is 112 cm³/mol. The largest absolute Gasteiger partial charge is 0.381 e. The van der Waals surface area contributed by atoms with Gasteiger partial charge in [-0.05, 0) is 58.4 Å². The van der Waals surface area contributed by atoms with Crippen molar-refractivity contribution in [3.8, 4) is 0 Å². The molecule has 2 aromatic rings. The number of para-hydroxylation sites is 1. The minimum absolute atomic E-state index is 0.0500. The fraction of sp³-hybridized carbons (Fsp3) is 0.526. The van der Waals surface area contributed by atoms with Gasteiger partial charge in [-0.1, -0.05) is 31.8 Å². The molecule has 2 aliphatic rings. The Bertz CT molecular complexity index is 798. The van der Waals surface area contributed by atoms with Gasteiger partial charge in [0, 0.05) is 5.69 Å². The molecule has 1 aromatic heterocycles. The first-order chi connectivity index (χ1) is 12.2. The molecule has 26 heavy (non-hydrogen) atoms. The minimum atomic E-state index is -0.124. The highest BCUT2D eigenvalue weighted by molar-refractivity contribution is 6.77. The van der Waals surface area contributed by atoms with Crippen molar-refractivity contribution >= 4 is 25.5 Å². The van der Waals surface area contributed by atoms with Crippen LogP contribution in [0.1, 0.15) is 34.6 Å². The van der Waals surface area contributed by atoms with Gasteiger partial charge < -0.3 is 14.3 Å². The summed E-state index contributed by atoms with van der Waals surface area (Å²) in [6, 6.07) is 13.0. The maximum Gasteiger partial charge on any atom is 0.333 e. The van der Waals surface area contributed by atoms with Gasteiger partial charge in [-0.3, -0.25) is 0 Å². The average molecular weight is 349 g/mol. The number of rotatable bonds is 1. The number of benzene rings is 1. The molecule has 3 heterocycles. The summed E-state index contributed by atoms with van der Waals surface area (Å²) >= 11 is 0. The average Bonchev–Trinajstić information content (AvgIpc) is 3.10. The Hall–Kier alpha value is -1.88. The summed E-state index contributed by atoms with van der Waals surface area (Å²) in [5.41, 5.74) is 1.19. The second-order valence-electron chi connectivity index (χ2n) is 9.12. The van der Waals surface area contributed by atoms with E-state index in [0.717, 1.165) is 0 Å². The van der Waals surface area contributed by atoms with Crippen molar-refractivity contribution in [1.29, 1.82) is 0 Å². The molecule has 1 saturated heterocycles. The van der Waals surface area contributed by atoms with E-state index in [1.165, 1.54) is 11.5 Å². The number of fused-ring (bicyclic) bond motifs is 3. The van der Waals surface area contributed by atoms with E-state index >= 15 is 0 Å². The van der Waals surface area contributed by atoms with Crippen LogP contribution in [-0.4, -0.2) is 40.2 Å². The molecule has 1 atom stereocenters. The molecule has 5 nitrogen and oxygen atoms in total. The summed E-state index contributed by atoms with van der Waals surface area (Å²) in [6.07, 6.45) is 2.14. The van der Waals surface area contributed by atoms with Crippen molar-refractivity contribution in [1.82, 2.24) is 14.5 Å². The third-order valence-corrected chi connectivity index (χ3v) is 6.03. The molecule has 136 valence electrons. The van der Waals surface area contributed by atoms with Crippen LogP contribution in [0, 0.1) is 0 Å². The molecule has 0 N–H and O–H groups in total. The van der Waals surface area contributed by atoms with Crippen LogP contribution in [0.5, 0.6) is 0 Å². The standard InChI is InChI=1S/C19H29B2N5/c1-18(2,3)26-20(6)23(15-11-9-8-10-12-15)17-19(4,5)25-16(13-14-22-25)24(17)21(26)7/h8-14,17H,1-7H3. The van der Waals surface area contributed by atoms with Crippen molar-refractivity contribution < 1.29 is 0 Å². The Morgan fingerprint density at radius 2 is 1.58 bits per heavy atom. The summed E-state index contributed by atoms with van der Waals surface area (Å²) < 4.78 is 4.80. The Balaban J connectivity index is 1.92. The minimum Gasteiger partial charge on any atom is -0.381 e. The van der Waals surface area contributed by atoms with Crippen LogP contribution < -0.4 is 9.62 Å². The maximum absolute atomic E-state index is 4.68. The van der Waals surface area contributed by atoms with Gasteiger partial charge in [0.2, 0.25) is 0 Å². The highest BCUT2D eigenvalue weighted by Crippen LogP contribution is 2.46. The molecule has 7 heteroatoms. The third-order valence-electron chi connectivity index (χ3n) is 6.03. The highest BCUT2D eigenvalue weighted by atomic mass is 15.6. The lowest BCUT2D eigenvalue weighted by molar-refractivity contribution is 0.284. The van der Waals surface area contributed by atoms with Gasteiger partial charge in [-0.15, -0.1) is 0 Å². The first kappa shape index (κ1) is 17.5. The fourth-order valence-corrected chi connectivity index (χ4v) is 5.24. The van der Waals surface area contributed by atoms with Crippen molar-refractivity contribution in [2.24, 2.45) is 0 Å². The molecule has 4 rings (SSSR count). The van der Waals surface area contributed by atoms with E-state index in [1.807, 2.05) is 6.20 Å². The van der Waals surface area contributed by atoms with Gasteiger partial charge >= 0.3 is 14.0 Å². The van der Waals surface area contributed by atoms with E-state index < -0.39 is 0 Å². The molecule has 0 aliphatic carbocycles. The Labute approximate surface area is 158 Å². The van der Waals surface area contributed by atoms with Crippen molar-refractivity contribution in [2.75, 3.05) is 9.62 Å². The Kier molecular flexibility index (Phi) is 3.75. The fourth-order valence-electron chi connectivity index (χ4n) is 5.24. The van der Waals surface area contributed by atoms with Gasteiger partial charge in [0.25, 0.3) is 0 Å². The zero-order valence-electron chi connectivity index (χ0n) is 17.0. The quantitative estimate of drug-likeness (QED) is 0.735. The lowest BCUT2D eigenvalue weighted by Crippen LogP contribution is -2.79. The van der Waals surface area contributed by atoms with Gasteiger partial charge in [-0.25, -0.2) is 4.68 Å². The van der Waals surface area contributed by atoms with Crippen molar-refractivity contribution in [3.05, 3.63) is 42.6 Å². The van der Waals surface area contributed by atoms with E-state index in [0.29, 0.717) is 0 Å². The van der Waals surface area contributed by atoms with E-state index in [9.17, 15) is 0 Å². The number of hydrogen-bond donors (Lipinski definition) is 0. The van der Waals surface area contributed by atoms with Crippen LogP contribution in [0.15, 0.2) is 42.6 Å². The molecule has 1 unspecified atom stereocenters. The van der Waals surface area contributed by atoms with E-state index in [-0.39, 0.29) is 31.2 Å². The normalized spacial score (nSPS) is 22.7. The third kappa shape index (κ3) is 2.26. The summed E-state index contributed by atoms with van der Waals surface area (Å²) in [6.45, 7) is 16.8. The number of hydrogen-bond acceptors (Lipinski definition) is 4. The van der Waals surface area contributed by atoms with Gasteiger partial charge in [0.05, 0.1) is 11.7 Å².